The molecule has 0 aliphatic carbocycles. The van der Waals surface area contributed by atoms with Crippen LogP contribution in [-0.2, 0) is 9.53 Å². The van der Waals surface area contributed by atoms with Gasteiger partial charge in [0.15, 0.2) is 0 Å². The molecule has 0 radical (unpaired) electrons. The summed E-state index contributed by atoms with van der Waals surface area (Å²) in [6, 6.07) is 15.1. The Morgan fingerprint density at radius 3 is 2.17 bits per heavy atom. The second kappa shape index (κ2) is 7.84. The van der Waals surface area contributed by atoms with Gasteiger partial charge in [-0.1, -0.05) is 18.2 Å². The Bertz CT molecular complexity index is 656. The lowest BCUT2D eigenvalue weighted by Crippen LogP contribution is -2.41. The Hall–Kier alpha value is -3.02. The van der Waals surface area contributed by atoms with E-state index in [1.165, 1.54) is 7.11 Å². The number of carbonyl (C=O) groups excluding carboxylic acids is 2. The van der Waals surface area contributed by atoms with Crippen molar-refractivity contribution in [3.63, 3.8) is 0 Å². The quantitative estimate of drug-likeness (QED) is 0.831. The maximum absolute atomic E-state index is 11.8. The number of hydrogen-bond acceptors (Lipinski definition) is 4. The molecule has 0 heterocycles. The number of para-hydroxylation sites is 1. The SMILES string of the molecule is COC(=O)[C@@H](C)NC(=O)Nc1ccc(Oc2ccccc2)cc1. The highest BCUT2D eigenvalue weighted by molar-refractivity contribution is 5.92. The molecule has 6 nitrogen and oxygen atoms in total. The number of rotatable bonds is 5. The van der Waals surface area contributed by atoms with Gasteiger partial charge in [-0.3, -0.25) is 0 Å². The van der Waals surface area contributed by atoms with E-state index in [-0.39, 0.29) is 0 Å². The molecule has 2 aromatic rings. The molecule has 0 aliphatic rings. The molecular weight excluding hydrogens is 296 g/mol. The minimum absolute atomic E-state index is 0.486. The molecule has 0 bridgehead atoms. The summed E-state index contributed by atoms with van der Waals surface area (Å²) in [5, 5.41) is 5.11. The number of hydrogen-bond donors (Lipinski definition) is 2. The van der Waals surface area contributed by atoms with Gasteiger partial charge < -0.3 is 20.1 Å². The zero-order chi connectivity index (χ0) is 16.7. The molecule has 0 unspecified atom stereocenters. The summed E-state index contributed by atoms with van der Waals surface area (Å²) in [5.41, 5.74) is 0.583. The van der Waals surface area contributed by atoms with Gasteiger partial charge in [0.25, 0.3) is 0 Å². The number of ether oxygens (including phenoxy) is 2. The molecule has 23 heavy (non-hydrogen) atoms. The lowest BCUT2D eigenvalue weighted by atomic mass is 10.3. The van der Waals surface area contributed by atoms with Gasteiger partial charge in [-0.25, -0.2) is 9.59 Å². The van der Waals surface area contributed by atoms with E-state index < -0.39 is 18.0 Å². The second-order valence-electron chi connectivity index (χ2n) is 4.78. The van der Waals surface area contributed by atoms with Crippen molar-refractivity contribution in [3.05, 3.63) is 54.6 Å². The average Bonchev–Trinajstić information content (AvgIpc) is 2.56. The third-order valence-corrected chi connectivity index (χ3v) is 2.99. The van der Waals surface area contributed by atoms with E-state index in [2.05, 4.69) is 15.4 Å². The van der Waals surface area contributed by atoms with Gasteiger partial charge in [0.2, 0.25) is 0 Å². The van der Waals surface area contributed by atoms with E-state index in [1.807, 2.05) is 30.3 Å². The molecule has 2 aromatic carbocycles. The first kappa shape index (κ1) is 16.4. The number of amides is 2. The minimum atomic E-state index is -0.722. The summed E-state index contributed by atoms with van der Waals surface area (Å²) in [7, 11) is 1.27. The van der Waals surface area contributed by atoms with Gasteiger partial charge in [0.05, 0.1) is 7.11 Å². The van der Waals surface area contributed by atoms with Crippen LogP contribution in [0.3, 0.4) is 0 Å². The van der Waals surface area contributed by atoms with Gasteiger partial charge >= 0.3 is 12.0 Å². The van der Waals surface area contributed by atoms with Crippen LogP contribution < -0.4 is 15.4 Å². The summed E-state index contributed by atoms with van der Waals surface area (Å²) in [6.45, 7) is 1.54. The second-order valence-corrected chi connectivity index (χ2v) is 4.78. The van der Waals surface area contributed by atoms with Crippen molar-refractivity contribution in [3.8, 4) is 11.5 Å². The Morgan fingerprint density at radius 2 is 1.57 bits per heavy atom. The number of benzene rings is 2. The smallest absolute Gasteiger partial charge is 0.328 e. The maximum atomic E-state index is 11.8. The van der Waals surface area contributed by atoms with Gasteiger partial charge in [-0.2, -0.15) is 0 Å². The Balaban J connectivity index is 1.89. The zero-order valence-electron chi connectivity index (χ0n) is 12.9. The van der Waals surface area contributed by atoms with Gasteiger partial charge in [0.1, 0.15) is 17.5 Å². The van der Waals surface area contributed by atoms with Crippen molar-refractivity contribution in [1.29, 1.82) is 0 Å². The third kappa shape index (κ3) is 5.03. The predicted octanol–water partition coefficient (Wildman–Crippen LogP) is 3.16. The van der Waals surface area contributed by atoms with E-state index in [9.17, 15) is 9.59 Å². The molecule has 0 spiro atoms. The lowest BCUT2D eigenvalue weighted by molar-refractivity contribution is -0.142. The molecule has 0 aliphatic heterocycles. The van der Waals surface area contributed by atoms with Crippen molar-refractivity contribution in [2.24, 2.45) is 0 Å². The van der Waals surface area contributed by atoms with Crippen molar-refractivity contribution in [1.82, 2.24) is 5.32 Å². The monoisotopic (exact) mass is 314 g/mol. The molecule has 0 fully saturated rings. The van der Waals surface area contributed by atoms with Crippen LogP contribution >= 0.6 is 0 Å². The highest BCUT2D eigenvalue weighted by Crippen LogP contribution is 2.22. The molecule has 0 saturated heterocycles. The number of urea groups is 1. The Labute approximate surface area is 134 Å². The van der Waals surface area contributed by atoms with Crippen LogP contribution in [0, 0.1) is 0 Å². The Kier molecular flexibility index (Phi) is 5.57. The first-order valence-electron chi connectivity index (χ1n) is 7.07. The van der Waals surface area contributed by atoms with E-state index in [4.69, 9.17) is 4.74 Å². The summed E-state index contributed by atoms with van der Waals surface area (Å²) in [4.78, 5) is 23.0. The lowest BCUT2D eigenvalue weighted by Gasteiger charge is -2.13. The number of anilines is 1. The highest BCUT2D eigenvalue weighted by atomic mass is 16.5. The fourth-order valence-electron chi connectivity index (χ4n) is 1.83. The fourth-order valence-corrected chi connectivity index (χ4v) is 1.83. The number of esters is 1. The van der Waals surface area contributed by atoms with Crippen molar-refractivity contribution in [2.75, 3.05) is 12.4 Å². The topological polar surface area (TPSA) is 76.7 Å². The van der Waals surface area contributed by atoms with Crippen LogP contribution in [0.5, 0.6) is 11.5 Å². The van der Waals surface area contributed by atoms with Crippen LogP contribution in [-0.4, -0.2) is 25.2 Å². The van der Waals surface area contributed by atoms with Crippen molar-refractivity contribution in [2.45, 2.75) is 13.0 Å². The highest BCUT2D eigenvalue weighted by Gasteiger charge is 2.15. The van der Waals surface area contributed by atoms with Crippen LogP contribution in [0.1, 0.15) is 6.92 Å². The first-order chi connectivity index (χ1) is 11.1. The maximum Gasteiger partial charge on any atom is 0.328 e. The molecule has 2 amide bonds. The molecule has 6 heteroatoms. The Morgan fingerprint density at radius 1 is 0.957 bits per heavy atom. The molecule has 0 aromatic heterocycles. The zero-order valence-corrected chi connectivity index (χ0v) is 12.9. The van der Waals surface area contributed by atoms with E-state index >= 15 is 0 Å². The fraction of sp³-hybridized carbons (Fsp3) is 0.176. The molecule has 0 saturated carbocycles. The van der Waals surface area contributed by atoms with Crippen LogP contribution in [0.15, 0.2) is 54.6 Å². The van der Waals surface area contributed by atoms with E-state index in [1.54, 1.807) is 31.2 Å². The minimum Gasteiger partial charge on any atom is -0.467 e. The van der Waals surface area contributed by atoms with Gasteiger partial charge in [-0.15, -0.1) is 0 Å². The normalized spacial score (nSPS) is 11.2. The summed E-state index contributed by atoms with van der Waals surface area (Å²) in [5.74, 6) is 0.884. The summed E-state index contributed by atoms with van der Waals surface area (Å²) >= 11 is 0. The van der Waals surface area contributed by atoms with Crippen molar-refractivity contribution < 1.29 is 19.1 Å². The molecule has 1 atom stereocenters. The number of methoxy groups -OCH3 is 1. The third-order valence-electron chi connectivity index (χ3n) is 2.99. The standard InChI is InChI=1S/C17H18N2O4/c1-12(16(20)22-2)18-17(21)19-13-8-10-15(11-9-13)23-14-6-4-3-5-7-14/h3-12H,1-2H3,(H2,18,19,21)/t12-/m1/s1. The van der Waals surface area contributed by atoms with Gasteiger partial charge in [-0.05, 0) is 43.3 Å². The first-order valence-corrected chi connectivity index (χ1v) is 7.07. The van der Waals surface area contributed by atoms with E-state index in [0.717, 1.165) is 5.75 Å². The summed E-state index contributed by atoms with van der Waals surface area (Å²) < 4.78 is 10.2. The van der Waals surface area contributed by atoms with Crippen LogP contribution in [0.4, 0.5) is 10.5 Å². The van der Waals surface area contributed by atoms with E-state index in [0.29, 0.717) is 11.4 Å². The van der Waals surface area contributed by atoms with Crippen molar-refractivity contribution >= 4 is 17.7 Å². The molecule has 2 N–H and O–H groups in total. The average molecular weight is 314 g/mol. The van der Waals surface area contributed by atoms with Crippen LogP contribution in [0.25, 0.3) is 0 Å². The van der Waals surface area contributed by atoms with Gasteiger partial charge in [0, 0.05) is 5.69 Å². The largest absolute Gasteiger partial charge is 0.467 e. The number of carbonyl (C=O) groups is 2. The molecular formula is C17H18N2O4. The predicted molar refractivity (Wildman–Crippen MR) is 86.6 cm³/mol. The molecule has 2 rings (SSSR count). The number of nitrogens with one attached hydrogen (secondary N) is 2. The summed E-state index contributed by atoms with van der Waals surface area (Å²) in [6.07, 6.45) is 0. The molecule has 120 valence electrons. The van der Waals surface area contributed by atoms with Crippen LogP contribution in [0.2, 0.25) is 0 Å².